The Hall–Kier alpha value is -3.25. The van der Waals surface area contributed by atoms with Crippen LogP contribution in [-0.2, 0) is 11.3 Å². The molecule has 5 nitrogen and oxygen atoms in total. The molecule has 3 rings (SSSR count). The number of aromatic nitrogens is 1. The zero-order valence-corrected chi connectivity index (χ0v) is 16.1. The average Bonchev–Trinajstić information content (AvgIpc) is 3.05. The van der Waals surface area contributed by atoms with Crippen LogP contribution in [0.3, 0.4) is 0 Å². The maximum absolute atomic E-state index is 12.6. The topological polar surface area (TPSA) is 81.6 Å². The lowest BCUT2D eigenvalue weighted by atomic mass is 10.1. The zero-order chi connectivity index (χ0) is 20.1. The molecule has 0 bridgehead atoms. The van der Waals surface area contributed by atoms with Crippen LogP contribution in [0.1, 0.15) is 12.0 Å². The summed E-state index contributed by atoms with van der Waals surface area (Å²) >= 11 is 12.1. The van der Waals surface area contributed by atoms with E-state index in [-0.39, 0.29) is 10.6 Å². The Morgan fingerprint density at radius 1 is 1.14 bits per heavy atom. The number of amides is 1. The van der Waals surface area contributed by atoms with Gasteiger partial charge in [0.1, 0.15) is 11.6 Å². The smallest absolute Gasteiger partial charge is 0.266 e. The number of para-hydroxylation sites is 1. The van der Waals surface area contributed by atoms with Gasteiger partial charge >= 0.3 is 0 Å². The van der Waals surface area contributed by atoms with E-state index in [1.165, 1.54) is 6.08 Å². The predicted molar refractivity (Wildman–Crippen MR) is 111 cm³/mol. The first-order chi connectivity index (χ1) is 13.5. The number of carbonyl (C=O) groups is 1. The highest BCUT2D eigenvalue weighted by Gasteiger charge is 2.14. The molecule has 7 heteroatoms. The summed E-state index contributed by atoms with van der Waals surface area (Å²) < 4.78 is 1.94. The number of aryl methyl sites for hydroxylation is 1. The van der Waals surface area contributed by atoms with Crippen molar-refractivity contribution in [3.8, 4) is 12.1 Å². The number of nitrogens with one attached hydrogen (secondary N) is 1. The summed E-state index contributed by atoms with van der Waals surface area (Å²) in [6.07, 6.45) is 3.72. The van der Waals surface area contributed by atoms with Gasteiger partial charge in [-0.05, 0) is 24.3 Å². The number of fused-ring (bicyclic) bond motifs is 1. The van der Waals surface area contributed by atoms with Gasteiger partial charge < -0.3 is 9.88 Å². The van der Waals surface area contributed by atoms with E-state index in [4.69, 9.17) is 28.5 Å². The fourth-order valence-corrected chi connectivity index (χ4v) is 3.19. The zero-order valence-electron chi connectivity index (χ0n) is 14.6. The number of hydrogen-bond donors (Lipinski definition) is 1. The van der Waals surface area contributed by atoms with Crippen LogP contribution in [0.4, 0.5) is 5.69 Å². The van der Waals surface area contributed by atoms with E-state index in [9.17, 15) is 10.1 Å². The largest absolute Gasteiger partial charge is 0.346 e. The molecular weight excluding hydrogens is 395 g/mol. The Morgan fingerprint density at radius 3 is 2.68 bits per heavy atom. The summed E-state index contributed by atoms with van der Waals surface area (Å²) in [6, 6.07) is 16.5. The van der Waals surface area contributed by atoms with Crippen molar-refractivity contribution < 1.29 is 4.79 Å². The second kappa shape index (κ2) is 8.63. The van der Waals surface area contributed by atoms with Crippen molar-refractivity contribution in [1.82, 2.24) is 4.57 Å². The first kappa shape index (κ1) is 19.5. The van der Waals surface area contributed by atoms with Crippen LogP contribution in [0.5, 0.6) is 0 Å². The van der Waals surface area contributed by atoms with Gasteiger partial charge in [-0.2, -0.15) is 10.5 Å². The highest BCUT2D eigenvalue weighted by atomic mass is 35.5. The van der Waals surface area contributed by atoms with E-state index < -0.39 is 5.91 Å². The van der Waals surface area contributed by atoms with Gasteiger partial charge in [0.25, 0.3) is 5.91 Å². The van der Waals surface area contributed by atoms with E-state index in [0.29, 0.717) is 23.7 Å². The highest BCUT2D eigenvalue weighted by molar-refractivity contribution is 6.44. The number of carbonyl (C=O) groups excluding carboxylic acids is 1. The van der Waals surface area contributed by atoms with Crippen molar-refractivity contribution in [2.24, 2.45) is 0 Å². The molecule has 0 saturated carbocycles. The Kier molecular flexibility index (Phi) is 6.01. The summed E-state index contributed by atoms with van der Waals surface area (Å²) in [6.45, 7) is 0.525. The summed E-state index contributed by atoms with van der Waals surface area (Å²) in [4.78, 5) is 12.6. The van der Waals surface area contributed by atoms with Crippen molar-refractivity contribution in [2.45, 2.75) is 13.0 Å². The van der Waals surface area contributed by atoms with Crippen molar-refractivity contribution in [1.29, 1.82) is 10.5 Å². The third-order valence-corrected chi connectivity index (χ3v) is 4.97. The minimum Gasteiger partial charge on any atom is -0.346 e. The molecule has 0 saturated heterocycles. The molecule has 1 aromatic heterocycles. The van der Waals surface area contributed by atoms with Crippen molar-refractivity contribution >= 4 is 51.8 Å². The van der Waals surface area contributed by atoms with E-state index in [2.05, 4.69) is 11.4 Å². The van der Waals surface area contributed by atoms with Crippen LogP contribution >= 0.6 is 23.2 Å². The minimum atomic E-state index is -0.583. The Balaban J connectivity index is 1.97. The van der Waals surface area contributed by atoms with Crippen LogP contribution in [-0.4, -0.2) is 10.5 Å². The highest BCUT2D eigenvalue weighted by Crippen LogP contribution is 2.30. The summed E-state index contributed by atoms with van der Waals surface area (Å²) in [7, 11) is 0. The Bertz CT molecular complexity index is 1170. The first-order valence-corrected chi connectivity index (χ1v) is 9.12. The molecule has 3 aromatic rings. The normalized spacial score (nSPS) is 11.1. The van der Waals surface area contributed by atoms with E-state index in [1.54, 1.807) is 18.2 Å². The minimum absolute atomic E-state index is 0.0702. The lowest BCUT2D eigenvalue weighted by Crippen LogP contribution is -2.13. The van der Waals surface area contributed by atoms with Gasteiger partial charge in [0.2, 0.25) is 0 Å². The van der Waals surface area contributed by atoms with Crippen LogP contribution < -0.4 is 5.32 Å². The second-order valence-electron chi connectivity index (χ2n) is 5.93. The number of nitriles is 2. The molecule has 2 aromatic carbocycles. The lowest BCUT2D eigenvalue weighted by molar-refractivity contribution is -0.112. The maximum Gasteiger partial charge on any atom is 0.266 e. The predicted octanol–water partition coefficient (Wildman–Crippen LogP) is 5.41. The SMILES string of the molecule is N#CCCn1cc(/C=C(\C#N)C(=O)Nc2cccc(Cl)c2Cl)c2ccccc21. The van der Waals surface area contributed by atoms with Gasteiger partial charge in [0.15, 0.2) is 0 Å². The van der Waals surface area contributed by atoms with Gasteiger partial charge in [0, 0.05) is 29.2 Å². The lowest BCUT2D eigenvalue weighted by Gasteiger charge is -2.07. The van der Waals surface area contributed by atoms with E-state index in [0.717, 1.165) is 16.5 Å². The van der Waals surface area contributed by atoms with Gasteiger partial charge in [-0.3, -0.25) is 4.79 Å². The molecular formula is C21H14Cl2N4O. The van der Waals surface area contributed by atoms with Gasteiger partial charge in [-0.15, -0.1) is 0 Å². The Morgan fingerprint density at radius 2 is 1.93 bits per heavy atom. The van der Waals surface area contributed by atoms with Crippen molar-refractivity contribution in [3.63, 3.8) is 0 Å². The number of anilines is 1. The number of halogens is 2. The maximum atomic E-state index is 12.6. The molecule has 0 fully saturated rings. The molecule has 0 aliphatic rings. The molecule has 1 heterocycles. The summed E-state index contributed by atoms with van der Waals surface area (Å²) in [5.74, 6) is -0.583. The monoisotopic (exact) mass is 408 g/mol. The van der Waals surface area contributed by atoms with E-state index in [1.807, 2.05) is 41.1 Å². The molecule has 28 heavy (non-hydrogen) atoms. The van der Waals surface area contributed by atoms with Crippen molar-refractivity contribution in [3.05, 3.63) is 69.8 Å². The van der Waals surface area contributed by atoms with Crippen LogP contribution in [0, 0.1) is 22.7 Å². The standard InChI is InChI=1S/C21H14Cl2N4O/c22-17-6-3-7-18(20(17)23)26-21(28)14(12-25)11-15-13-27(10-4-9-24)19-8-2-1-5-16(15)19/h1-3,5-8,11,13H,4,10H2,(H,26,28)/b14-11+. The van der Waals surface area contributed by atoms with Gasteiger partial charge in [-0.1, -0.05) is 47.5 Å². The molecule has 0 radical (unpaired) electrons. The second-order valence-corrected chi connectivity index (χ2v) is 6.71. The van der Waals surface area contributed by atoms with Crippen LogP contribution in [0.25, 0.3) is 17.0 Å². The molecule has 0 atom stereocenters. The quantitative estimate of drug-likeness (QED) is 0.452. The van der Waals surface area contributed by atoms with Gasteiger partial charge in [0.05, 0.1) is 28.2 Å². The number of nitrogens with zero attached hydrogens (tertiary/aromatic N) is 3. The first-order valence-electron chi connectivity index (χ1n) is 8.37. The molecule has 0 aliphatic carbocycles. The fraction of sp³-hybridized carbons (Fsp3) is 0.0952. The third-order valence-electron chi connectivity index (χ3n) is 4.15. The number of rotatable bonds is 5. The average molecular weight is 409 g/mol. The molecule has 0 spiro atoms. The summed E-state index contributed by atoms with van der Waals surface area (Å²) in [5, 5.41) is 22.4. The molecule has 138 valence electrons. The van der Waals surface area contributed by atoms with Crippen LogP contribution in [0.15, 0.2) is 54.2 Å². The Labute approximate surface area is 172 Å². The fourth-order valence-electron chi connectivity index (χ4n) is 2.84. The van der Waals surface area contributed by atoms with Gasteiger partial charge in [-0.25, -0.2) is 0 Å². The molecule has 0 unspecified atom stereocenters. The third kappa shape index (κ3) is 4.02. The summed E-state index contributed by atoms with van der Waals surface area (Å²) in [5.41, 5.74) is 1.91. The molecule has 0 aliphatic heterocycles. The number of benzene rings is 2. The van der Waals surface area contributed by atoms with E-state index >= 15 is 0 Å². The molecule has 1 N–H and O–H groups in total. The molecule has 1 amide bonds. The van der Waals surface area contributed by atoms with Crippen LogP contribution in [0.2, 0.25) is 10.0 Å². The van der Waals surface area contributed by atoms with Crippen molar-refractivity contribution in [2.75, 3.05) is 5.32 Å². The number of hydrogen-bond acceptors (Lipinski definition) is 3.